The molecule has 0 saturated heterocycles. The number of carbonyl (C=O) groups is 1. The lowest BCUT2D eigenvalue weighted by Gasteiger charge is -2.24. The van der Waals surface area contributed by atoms with Gasteiger partial charge in [0.15, 0.2) is 0 Å². The quantitative estimate of drug-likeness (QED) is 0.486. The van der Waals surface area contributed by atoms with E-state index in [1.54, 1.807) is 0 Å². The summed E-state index contributed by atoms with van der Waals surface area (Å²) in [5, 5.41) is 4.33. The molecule has 0 spiro atoms. The van der Waals surface area contributed by atoms with E-state index in [9.17, 15) is 13.2 Å². The van der Waals surface area contributed by atoms with Gasteiger partial charge in [0, 0.05) is 36.0 Å². The molecule has 166 valence electrons. The van der Waals surface area contributed by atoms with Crippen molar-refractivity contribution in [3.8, 4) is 17.0 Å². The summed E-state index contributed by atoms with van der Waals surface area (Å²) in [5.74, 6) is 0.405. The lowest BCUT2D eigenvalue weighted by atomic mass is 10.1. The SMILES string of the molecule is O=C1NS(=O)(=O)NCCCNCCC2=C1Cn1c(cc3ccccc31)-c1ccccc1O2. The van der Waals surface area contributed by atoms with Gasteiger partial charge in [0.1, 0.15) is 11.5 Å². The maximum atomic E-state index is 13.2. The van der Waals surface area contributed by atoms with Crippen molar-refractivity contribution in [2.45, 2.75) is 19.4 Å². The van der Waals surface area contributed by atoms with Crippen molar-refractivity contribution in [2.24, 2.45) is 0 Å². The van der Waals surface area contributed by atoms with E-state index in [4.69, 9.17) is 4.74 Å². The van der Waals surface area contributed by atoms with Crippen molar-refractivity contribution >= 4 is 27.0 Å². The Morgan fingerprint density at radius 3 is 2.69 bits per heavy atom. The minimum Gasteiger partial charge on any atom is -0.460 e. The molecule has 3 N–H and O–H groups in total. The maximum absolute atomic E-state index is 13.2. The number of nitrogens with zero attached hydrogens (tertiary/aromatic N) is 1. The monoisotopic (exact) mass is 452 g/mol. The molecule has 3 aromatic rings. The Balaban J connectivity index is 1.70. The predicted molar refractivity (Wildman–Crippen MR) is 122 cm³/mol. The number of nitrogens with one attached hydrogen (secondary N) is 3. The fraction of sp³-hybridized carbons (Fsp3) is 0.261. The number of para-hydroxylation sites is 2. The number of fused-ring (bicyclic) bond motifs is 5. The highest BCUT2D eigenvalue weighted by Crippen LogP contribution is 2.38. The molecular weight excluding hydrogens is 428 g/mol. The Labute approximate surface area is 186 Å². The minimum atomic E-state index is -3.97. The molecule has 1 amide bonds. The molecule has 2 aliphatic rings. The molecule has 0 aliphatic carbocycles. The lowest BCUT2D eigenvalue weighted by molar-refractivity contribution is -0.116. The van der Waals surface area contributed by atoms with Crippen LogP contribution in [0.1, 0.15) is 12.8 Å². The molecule has 9 heteroatoms. The number of aromatic nitrogens is 1. The van der Waals surface area contributed by atoms with E-state index in [1.807, 2.05) is 53.1 Å². The van der Waals surface area contributed by atoms with Gasteiger partial charge in [0.05, 0.1) is 17.8 Å². The van der Waals surface area contributed by atoms with Gasteiger partial charge in [-0.25, -0.2) is 4.72 Å². The van der Waals surface area contributed by atoms with Crippen molar-refractivity contribution in [1.82, 2.24) is 19.3 Å². The summed E-state index contributed by atoms with van der Waals surface area (Å²) in [6.45, 7) is 1.70. The third kappa shape index (κ3) is 4.02. The molecule has 3 heterocycles. The zero-order chi connectivity index (χ0) is 22.1. The second-order valence-corrected chi connectivity index (χ2v) is 9.36. The van der Waals surface area contributed by atoms with E-state index in [0.29, 0.717) is 37.4 Å². The van der Waals surface area contributed by atoms with Crippen molar-refractivity contribution in [3.05, 3.63) is 65.9 Å². The van der Waals surface area contributed by atoms with Crippen molar-refractivity contribution in [2.75, 3.05) is 19.6 Å². The van der Waals surface area contributed by atoms with E-state index in [0.717, 1.165) is 22.2 Å². The van der Waals surface area contributed by atoms with Crippen LogP contribution in [0.3, 0.4) is 0 Å². The summed E-state index contributed by atoms with van der Waals surface area (Å²) in [5.41, 5.74) is 3.08. The Hall–Kier alpha value is -3.14. The van der Waals surface area contributed by atoms with Crippen LogP contribution < -0.4 is 19.5 Å². The summed E-state index contributed by atoms with van der Waals surface area (Å²) >= 11 is 0. The summed E-state index contributed by atoms with van der Waals surface area (Å²) < 4.78 is 37.7. The minimum absolute atomic E-state index is 0.188. The normalized spacial score (nSPS) is 19.2. The van der Waals surface area contributed by atoms with Crippen LogP contribution >= 0.6 is 0 Å². The van der Waals surface area contributed by atoms with Crippen LogP contribution in [0.2, 0.25) is 0 Å². The molecule has 32 heavy (non-hydrogen) atoms. The van der Waals surface area contributed by atoms with Crippen molar-refractivity contribution < 1.29 is 17.9 Å². The zero-order valence-electron chi connectivity index (χ0n) is 17.4. The van der Waals surface area contributed by atoms with Gasteiger partial charge in [0.25, 0.3) is 5.91 Å². The number of hydrogen-bond donors (Lipinski definition) is 3. The molecule has 0 bridgehead atoms. The van der Waals surface area contributed by atoms with Gasteiger partial charge in [-0.1, -0.05) is 30.3 Å². The van der Waals surface area contributed by atoms with Gasteiger partial charge in [-0.3, -0.25) is 4.79 Å². The highest BCUT2D eigenvalue weighted by molar-refractivity contribution is 7.88. The van der Waals surface area contributed by atoms with Crippen molar-refractivity contribution in [3.63, 3.8) is 0 Å². The molecule has 0 atom stereocenters. The zero-order valence-corrected chi connectivity index (χ0v) is 18.2. The van der Waals surface area contributed by atoms with E-state index >= 15 is 0 Å². The molecular formula is C23H24N4O4S. The Morgan fingerprint density at radius 2 is 1.78 bits per heavy atom. The van der Waals surface area contributed by atoms with Crippen LogP contribution in [-0.4, -0.2) is 38.5 Å². The predicted octanol–water partition coefficient (Wildman–Crippen LogP) is 2.29. The molecule has 2 aliphatic heterocycles. The second kappa shape index (κ2) is 8.42. The smallest absolute Gasteiger partial charge is 0.301 e. The Kier molecular flexibility index (Phi) is 5.46. The van der Waals surface area contributed by atoms with Crippen LogP contribution in [-0.2, 0) is 21.5 Å². The summed E-state index contributed by atoms with van der Waals surface area (Å²) in [4.78, 5) is 13.2. The highest BCUT2D eigenvalue weighted by atomic mass is 32.2. The third-order valence-corrected chi connectivity index (χ3v) is 6.75. The topological polar surface area (TPSA) is 101 Å². The van der Waals surface area contributed by atoms with Gasteiger partial charge >= 0.3 is 10.2 Å². The fourth-order valence-corrected chi connectivity index (χ4v) is 5.03. The summed E-state index contributed by atoms with van der Waals surface area (Å²) in [6, 6.07) is 17.7. The first-order valence-corrected chi connectivity index (χ1v) is 12.1. The first kappa shape index (κ1) is 20.7. The molecule has 0 radical (unpaired) electrons. The summed E-state index contributed by atoms with van der Waals surface area (Å²) in [7, 11) is -3.97. The Morgan fingerprint density at radius 1 is 0.969 bits per heavy atom. The van der Waals surface area contributed by atoms with Gasteiger partial charge in [-0.15, -0.1) is 0 Å². The van der Waals surface area contributed by atoms with Gasteiger partial charge in [0.2, 0.25) is 0 Å². The number of amides is 1. The fourth-order valence-electron chi connectivity index (χ4n) is 4.18. The number of carbonyl (C=O) groups excluding carboxylic acids is 1. The molecule has 5 rings (SSSR count). The Bertz CT molecular complexity index is 1330. The van der Waals surface area contributed by atoms with Gasteiger partial charge < -0.3 is 14.6 Å². The van der Waals surface area contributed by atoms with Gasteiger partial charge in [-0.05, 0) is 37.2 Å². The summed E-state index contributed by atoms with van der Waals surface area (Å²) in [6.07, 6.45) is 1.07. The standard InChI is InChI=1S/C23H24N4O4S/c28-23-18-15-27-19-8-3-1-6-16(19)14-20(27)17-7-2-4-9-21(17)31-22(18)10-13-24-11-5-12-25-32(29,30)26-23/h1-4,6-9,14,24-25H,5,10-13,15H2,(H,26,28). The lowest BCUT2D eigenvalue weighted by Crippen LogP contribution is -2.43. The third-order valence-electron chi connectivity index (χ3n) is 5.71. The van der Waals surface area contributed by atoms with E-state index in [2.05, 4.69) is 20.8 Å². The molecule has 8 nitrogen and oxygen atoms in total. The van der Waals surface area contributed by atoms with E-state index < -0.39 is 16.1 Å². The molecule has 0 unspecified atom stereocenters. The maximum Gasteiger partial charge on any atom is 0.301 e. The molecule has 0 saturated carbocycles. The number of benzene rings is 2. The van der Waals surface area contributed by atoms with Crippen LogP contribution in [0.15, 0.2) is 65.9 Å². The number of hydrogen-bond acceptors (Lipinski definition) is 5. The highest BCUT2D eigenvalue weighted by Gasteiger charge is 2.27. The number of ether oxygens (including phenoxy) is 1. The van der Waals surface area contributed by atoms with Crippen LogP contribution in [0.4, 0.5) is 0 Å². The molecule has 2 aromatic carbocycles. The first-order valence-electron chi connectivity index (χ1n) is 10.6. The van der Waals surface area contributed by atoms with E-state index in [-0.39, 0.29) is 18.7 Å². The molecule has 1 aromatic heterocycles. The van der Waals surface area contributed by atoms with Gasteiger partial charge in [-0.2, -0.15) is 13.1 Å². The number of rotatable bonds is 0. The van der Waals surface area contributed by atoms with Crippen LogP contribution in [0.25, 0.3) is 22.2 Å². The van der Waals surface area contributed by atoms with Crippen LogP contribution in [0, 0.1) is 0 Å². The second-order valence-electron chi connectivity index (χ2n) is 7.86. The van der Waals surface area contributed by atoms with Crippen LogP contribution in [0.5, 0.6) is 5.75 Å². The molecule has 0 fully saturated rings. The average molecular weight is 453 g/mol. The average Bonchev–Trinajstić information content (AvgIpc) is 3.12. The van der Waals surface area contributed by atoms with E-state index in [1.165, 1.54) is 0 Å². The largest absolute Gasteiger partial charge is 0.460 e. The van der Waals surface area contributed by atoms with Crippen molar-refractivity contribution in [1.29, 1.82) is 0 Å². The first-order chi connectivity index (χ1) is 15.5.